The SMILES string of the molecule is CCN[C@H](C)c1ccc(C#CCOCCCOCC(=O)C(C)C)cc1.[HH]. The van der Waals surface area contributed by atoms with Crippen LogP contribution in [0.5, 0.6) is 0 Å². The smallest absolute Gasteiger partial charge is 0.160 e. The van der Waals surface area contributed by atoms with Crippen molar-refractivity contribution in [2.24, 2.45) is 5.92 Å². The number of ether oxygens (including phenoxy) is 2. The highest BCUT2D eigenvalue weighted by molar-refractivity contribution is 5.81. The third-order valence-corrected chi connectivity index (χ3v) is 3.79. The molecular formula is C21H33NO3. The molecule has 140 valence electrons. The summed E-state index contributed by atoms with van der Waals surface area (Å²) < 4.78 is 10.8. The van der Waals surface area contributed by atoms with Crippen LogP contribution in [-0.2, 0) is 14.3 Å². The Morgan fingerprint density at radius 2 is 1.84 bits per heavy atom. The zero-order chi connectivity index (χ0) is 18.5. The lowest BCUT2D eigenvalue weighted by molar-refractivity contribution is -0.126. The molecule has 0 aliphatic carbocycles. The van der Waals surface area contributed by atoms with Crippen LogP contribution < -0.4 is 5.32 Å². The summed E-state index contributed by atoms with van der Waals surface area (Å²) in [7, 11) is 0. The van der Waals surface area contributed by atoms with Crippen molar-refractivity contribution in [3.05, 3.63) is 35.4 Å². The molecule has 1 aromatic carbocycles. The average Bonchev–Trinajstić information content (AvgIpc) is 2.60. The minimum atomic E-state index is 0. The summed E-state index contributed by atoms with van der Waals surface area (Å²) in [5, 5.41) is 3.39. The van der Waals surface area contributed by atoms with Gasteiger partial charge in [-0.25, -0.2) is 0 Å². The number of ketones is 1. The first-order valence-electron chi connectivity index (χ1n) is 9.05. The molecule has 1 rings (SSSR count). The Bertz CT molecular complexity index is 561. The standard InChI is InChI=1S/C21H31NO3.H2/c1-5-22-18(4)20-11-9-19(10-12-20)8-6-13-24-14-7-15-25-16-21(23)17(2)3;/h9-12,17-18,22H,5,7,13-16H2,1-4H3;1H/t18-;/m1./s1. The average molecular weight is 347 g/mol. The van der Waals surface area contributed by atoms with E-state index in [-0.39, 0.29) is 19.7 Å². The van der Waals surface area contributed by atoms with E-state index in [0.717, 1.165) is 18.5 Å². The monoisotopic (exact) mass is 347 g/mol. The molecule has 0 spiro atoms. The number of nitrogens with one attached hydrogen (secondary N) is 1. The van der Waals surface area contributed by atoms with Gasteiger partial charge >= 0.3 is 0 Å². The Balaban J connectivity index is 0.00000625. The van der Waals surface area contributed by atoms with E-state index in [1.165, 1.54) is 5.56 Å². The van der Waals surface area contributed by atoms with Crippen LogP contribution in [0.3, 0.4) is 0 Å². The molecule has 0 amide bonds. The third-order valence-electron chi connectivity index (χ3n) is 3.79. The molecule has 0 aliphatic heterocycles. The van der Waals surface area contributed by atoms with Gasteiger partial charge in [-0.3, -0.25) is 4.79 Å². The lowest BCUT2D eigenvalue weighted by Crippen LogP contribution is -2.17. The third kappa shape index (κ3) is 9.40. The highest BCUT2D eigenvalue weighted by Gasteiger charge is 2.06. The number of Topliss-reactive ketones (excluding diaryl/α,β-unsaturated/α-hetero) is 1. The molecule has 25 heavy (non-hydrogen) atoms. The summed E-state index contributed by atoms with van der Waals surface area (Å²) in [5.74, 6) is 6.29. The molecule has 1 aromatic rings. The zero-order valence-corrected chi connectivity index (χ0v) is 15.9. The van der Waals surface area contributed by atoms with E-state index < -0.39 is 0 Å². The maximum Gasteiger partial charge on any atom is 0.160 e. The Morgan fingerprint density at radius 3 is 2.48 bits per heavy atom. The lowest BCUT2D eigenvalue weighted by atomic mass is 10.1. The van der Waals surface area contributed by atoms with Gasteiger partial charge in [0.15, 0.2) is 5.78 Å². The molecular weight excluding hydrogens is 314 g/mol. The van der Waals surface area contributed by atoms with E-state index in [9.17, 15) is 4.79 Å². The van der Waals surface area contributed by atoms with Gasteiger partial charge in [-0.05, 0) is 37.6 Å². The van der Waals surface area contributed by atoms with Gasteiger partial charge in [0.2, 0.25) is 0 Å². The molecule has 0 fully saturated rings. The van der Waals surface area contributed by atoms with Crippen molar-refractivity contribution in [1.29, 1.82) is 0 Å². The number of hydrogen-bond donors (Lipinski definition) is 1. The minimum absolute atomic E-state index is 0. The van der Waals surface area contributed by atoms with Crippen LogP contribution in [0, 0.1) is 17.8 Å². The second kappa shape index (κ2) is 12.7. The van der Waals surface area contributed by atoms with Crippen LogP contribution in [0.15, 0.2) is 24.3 Å². The Hall–Kier alpha value is -1.67. The first-order valence-corrected chi connectivity index (χ1v) is 9.05. The summed E-state index contributed by atoms with van der Waals surface area (Å²) in [6, 6.07) is 8.64. The number of hydrogen-bond acceptors (Lipinski definition) is 4. The lowest BCUT2D eigenvalue weighted by Gasteiger charge is -2.12. The Kier molecular flexibility index (Phi) is 10.8. The molecule has 0 unspecified atom stereocenters. The molecule has 0 saturated heterocycles. The van der Waals surface area contributed by atoms with Crippen molar-refractivity contribution in [3.8, 4) is 11.8 Å². The predicted octanol–water partition coefficient (Wildman–Crippen LogP) is 3.60. The molecule has 0 aromatic heterocycles. The van der Waals surface area contributed by atoms with Crippen molar-refractivity contribution in [3.63, 3.8) is 0 Å². The van der Waals surface area contributed by atoms with Gasteiger partial charge < -0.3 is 14.8 Å². The minimum Gasteiger partial charge on any atom is -0.374 e. The molecule has 0 bridgehead atoms. The van der Waals surface area contributed by atoms with Crippen molar-refractivity contribution < 1.29 is 15.7 Å². The van der Waals surface area contributed by atoms with Crippen LogP contribution in [0.1, 0.15) is 52.7 Å². The fourth-order valence-corrected chi connectivity index (χ4v) is 2.14. The topological polar surface area (TPSA) is 47.6 Å². The molecule has 0 saturated carbocycles. The predicted molar refractivity (Wildman–Crippen MR) is 104 cm³/mol. The van der Waals surface area contributed by atoms with Crippen molar-refractivity contribution in [2.45, 2.75) is 40.2 Å². The van der Waals surface area contributed by atoms with Crippen molar-refractivity contribution in [1.82, 2.24) is 5.32 Å². The highest BCUT2D eigenvalue weighted by atomic mass is 16.5. The van der Waals surface area contributed by atoms with E-state index >= 15 is 0 Å². The maximum atomic E-state index is 11.4. The number of benzene rings is 1. The van der Waals surface area contributed by atoms with Crippen molar-refractivity contribution in [2.75, 3.05) is 33.0 Å². The second-order valence-corrected chi connectivity index (χ2v) is 6.28. The maximum absolute atomic E-state index is 11.4. The van der Waals surface area contributed by atoms with E-state index in [4.69, 9.17) is 9.47 Å². The molecule has 1 atom stereocenters. The fourth-order valence-electron chi connectivity index (χ4n) is 2.14. The fraction of sp³-hybridized carbons (Fsp3) is 0.571. The number of rotatable bonds is 11. The van der Waals surface area contributed by atoms with Gasteiger partial charge in [0, 0.05) is 25.6 Å². The van der Waals surface area contributed by atoms with Gasteiger partial charge in [-0.1, -0.05) is 44.7 Å². The molecule has 0 radical (unpaired) electrons. The van der Waals surface area contributed by atoms with Crippen LogP contribution in [0.25, 0.3) is 0 Å². The van der Waals surface area contributed by atoms with Gasteiger partial charge in [0.1, 0.15) is 13.2 Å². The first kappa shape index (κ1) is 21.4. The Labute approximate surface area is 153 Å². The summed E-state index contributed by atoms with van der Waals surface area (Å²) in [5.41, 5.74) is 2.26. The molecule has 0 aliphatic rings. The Morgan fingerprint density at radius 1 is 1.16 bits per heavy atom. The van der Waals surface area contributed by atoms with Crippen molar-refractivity contribution >= 4 is 5.78 Å². The van der Waals surface area contributed by atoms with E-state index in [1.807, 2.05) is 26.0 Å². The quantitative estimate of drug-likeness (QED) is 0.491. The highest BCUT2D eigenvalue weighted by Crippen LogP contribution is 2.12. The molecule has 0 heterocycles. The number of carbonyl (C=O) groups is 1. The van der Waals surface area contributed by atoms with Crippen LogP contribution in [-0.4, -0.2) is 38.8 Å². The number of carbonyl (C=O) groups excluding carboxylic acids is 1. The summed E-state index contributed by atoms with van der Waals surface area (Å²) in [6.45, 7) is 10.7. The first-order chi connectivity index (χ1) is 12.0. The summed E-state index contributed by atoms with van der Waals surface area (Å²) >= 11 is 0. The van der Waals surface area contributed by atoms with Crippen LogP contribution >= 0.6 is 0 Å². The zero-order valence-electron chi connectivity index (χ0n) is 15.9. The normalized spacial score (nSPS) is 11.9. The molecule has 4 heteroatoms. The summed E-state index contributed by atoms with van der Waals surface area (Å²) in [4.78, 5) is 11.4. The summed E-state index contributed by atoms with van der Waals surface area (Å²) in [6.07, 6.45) is 0.768. The van der Waals surface area contributed by atoms with Gasteiger partial charge in [-0.2, -0.15) is 0 Å². The van der Waals surface area contributed by atoms with Gasteiger partial charge in [-0.15, -0.1) is 0 Å². The van der Waals surface area contributed by atoms with Crippen LogP contribution in [0.4, 0.5) is 0 Å². The van der Waals surface area contributed by atoms with E-state index in [1.54, 1.807) is 0 Å². The van der Waals surface area contributed by atoms with E-state index in [0.29, 0.717) is 25.9 Å². The molecule has 1 N–H and O–H groups in total. The second-order valence-electron chi connectivity index (χ2n) is 6.28. The van der Waals surface area contributed by atoms with Gasteiger partial charge in [0.05, 0.1) is 6.61 Å². The largest absolute Gasteiger partial charge is 0.374 e. The van der Waals surface area contributed by atoms with E-state index in [2.05, 4.69) is 43.1 Å². The van der Waals surface area contributed by atoms with Gasteiger partial charge in [0.25, 0.3) is 0 Å². The van der Waals surface area contributed by atoms with Crippen LogP contribution in [0.2, 0.25) is 0 Å². The molecule has 4 nitrogen and oxygen atoms in total.